The quantitative estimate of drug-likeness (QED) is 0.603. The third-order valence-electron chi connectivity index (χ3n) is 4.06. The normalized spacial score (nSPS) is 11.0. The molecule has 1 N–H and O–H groups in total. The molecular formula is C18H15ClN6O. The third-order valence-corrected chi connectivity index (χ3v) is 4.38. The topological polar surface area (TPSA) is 77.6 Å². The maximum Gasteiger partial charge on any atom is 0.258 e. The Bertz CT molecular complexity index is 1130. The number of aromatic nitrogens is 5. The van der Waals surface area contributed by atoms with Crippen molar-refractivity contribution in [1.82, 2.24) is 24.5 Å². The molecule has 0 spiro atoms. The number of carbonyl (C=O) groups is 1. The van der Waals surface area contributed by atoms with Gasteiger partial charge >= 0.3 is 0 Å². The van der Waals surface area contributed by atoms with Crippen LogP contribution in [0.4, 0.5) is 5.69 Å². The summed E-state index contributed by atoms with van der Waals surface area (Å²) in [4.78, 5) is 16.9. The van der Waals surface area contributed by atoms with Gasteiger partial charge in [-0.25, -0.2) is 9.67 Å². The molecule has 8 heteroatoms. The van der Waals surface area contributed by atoms with E-state index in [9.17, 15) is 4.79 Å². The van der Waals surface area contributed by atoms with E-state index in [2.05, 4.69) is 20.5 Å². The van der Waals surface area contributed by atoms with Gasteiger partial charge in [-0.3, -0.25) is 9.48 Å². The van der Waals surface area contributed by atoms with E-state index in [1.165, 1.54) is 6.20 Å². The van der Waals surface area contributed by atoms with E-state index in [-0.39, 0.29) is 5.91 Å². The number of aryl methyl sites for hydroxylation is 2. The molecule has 130 valence electrons. The monoisotopic (exact) mass is 366 g/mol. The van der Waals surface area contributed by atoms with Crippen LogP contribution in [0.3, 0.4) is 0 Å². The van der Waals surface area contributed by atoms with Crippen molar-refractivity contribution in [3.05, 3.63) is 65.2 Å². The summed E-state index contributed by atoms with van der Waals surface area (Å²) in [6.07, 6.45) is 4.75. The first-order valence-corrected chi connectivity index (χ1v) is 8.31. The first-order valence-electron chi connectivity index (χ1n) is 7.93. The summed E-state index contributed by atoms with van der Waals surface area (Å²) in [6.45, 7) is 1.91. The van der Waals surface area contributed by atoms with E-state index in [0.717, 1.165) is 16.7 Å². The largest absolute Gasteiger partial charge is 0.320 e. The van der Waals surface area contributed by atoms with E-state index in [4.69, 9.17) is 11.6 Å². The molecule has 0 saturated heterocycles. The number of nitrogens with one attached hydrogen (secondary N) is 1. The van der Waals surface area contributed by atoms with Crippen LogP contribution in [-0.4, -0.2) is 30.5 Å². The van der Waals surface area contributed by atoms with Gasteiger partial charge in [-0.15, -0.1) is 0 Å². The molecule has 0 fully saturated rings. The summed E-state index contributed by atoms with van der Waals surface area (Å²) in [7, 11) is 1.84. The van der Waals surface area contributed by atoms with E-state index in [1.807, 2.05) is 38.2 Å². The number of hydrogen-bond acceptors (Lipinski definition) is 4. The van der Waals surface area contributed by atoms with Crippen LogP contribution in [0.25, 0.3) is 16.7 Å². The number of amides is 1. The Morgan fingerprint density at radius 2 is 2.04 bits per heavy atom. The molecule has 0 radical (unpaired) electrons. The molecular weight excluding hydrogens is 352 g/mol. The lowest BCUT2D eigenvalue weighted by Crippen LogP contribution is -2.11. The van der Waals surface area contributed by atoms with Crippen LogP contribution in [0.15, 0.2) is 48.9 Å². The number of para-hydroxylation sites is 1. The van der Waals surface area contributed by atoms with Crippen molar-refractivity contribution >= 4 is 34.2 Å². The van der Waals surface area contributed by atoms with Gasteiger partial charge in [0.2, 0.25) is 0 Å². The molecule has 0 bridgehead atoms. The third kappa shape index (κ3) is 2.82. The summed E-state index contributed by atoms with van der Waals surface area (Å²) in [6, 6.07) is 9.17. The average Bonchev–Trinajstić information content (AvgIpc) is 3.21. The van der Waals surface area contributed by atoms with Crippen LogP contribution in [-0.2, 0) is 7.05 Å². The molecule has 4 rings (SSSR count). The van der Waals surface area contributed by atoms with Crippen LogP contribution < -0.4 is 5.32 Å². The molecule has 0 unspecified atom stereocenters. The second kappa shape index (κ2) is 6.27. The van der Waals surface area contributed by atoms with Crippen molar-refractivity contribution in [3.8, 4) is 5.69 Å². The van der Waals surface area contributed by atoms with Crippen LogP contribution >= 0.6 is 11.6 Å². The Kier molecular flexibility index (Phi) is 3.93. The number of carbonyl (C=O) groups excluding carboxylic acids is 1. The first kappa shape index (κ1) is 16.3. The molecule has 1 aromatic carbocycles. The number of rotatable bonds is 3. The number of fused-ring (bicyclic) bond motifs is 1. The molecule has 0 aliphatic rings. The summed E-state index contributed by atoms with van der Waals surface area (Å²) in [5, 5.41) is 12.9. The van der Waals surface area contributed by atoms with Crippen LogP contribution in [0, 0.1) is 6.92 Å². The second-order valence-corrected chi connectivity index (χ2v) is 6.29. The van der Waals surface area contributed by atoms with Gasteiger partial charge in [-0.2, -0.15) is 10.2 Å². The number of anilines is 1. The molecule has 0 saturated carbocycles. The zero-order valence-corrected chi connectivity index (χ0v) is 14.9. The lowest BCUT2D eigenvalue weighted by Gasteiger charge is -2.04. The fourth-order valence-corrected chi connectivity index (χ4v) is 3.01. The van der Waals surface area contributed by atoms with E-state index < -0.39 is 0 Å². The Labute approximate surface area is 154 Å². The van der Waals surface area contributed by atoms with Gasteiger partial charge in [0.05, 0.1) is 40.0 Å². The Hall–Kier alpha value is -3.19. The summed E-state index contributed by atoms with van der Waals surface area (Å²) >= 11 is 6.17. The zero-order valence-electron chi connectivity index (χ0n) is 14.1. The molecule has 0 aliphatic heterocycles. The minimum absolute atomic E-state index is 0.272. The number of hydrogen-bond donors (Lipinski definition) is 1. The molecule has 0 atom stereocenters. The maximum atomic E-state index is 12.5. The van der Waals surface area contributed by atoms with Crippen molar-refractivity contribution in [2.75, 3.05) is 5.32 Å². The maximum absolute atomic E-state index is 12.5. The summed E-state index contributed by atoms with van der Waals surface area (Å²) in [5.41, 5.74) is 3.36. The van der Waals surface area contributed by atoms with Crippen LogP contribution in [0.2, 0.25) is 5.02 Å². The lowest BCUT2D eigenvalue weighted by atomic mass is 10.2. The highest BCUT2D eigenvalue weighted by Crippen LogP contribution is 2.21. The Balaban J connectivity index is 1.59. The second-order valence-electron chi connectivity index (χ2n) is 5.88. The number of pyridine rings is 1. The molecule has 26 heavy (non-hydrogen) atoms. The Morgan fingerprint density at radius 3 is 2.85 bits per heavy atom. The molecule has 3 heterocycles. The fourth-order valence-electron chi connectivity index (χ4n) is 2.79. The minimum Gasteiger partial charge on any atom is -0.320 e. The van der Waals surface area contributed by atoms with Crippen molar-refractivity contribution in [2.24, 2.45) is 7.05 Å². The van der Waals surface area contributed by atoms with E-state index >= 15 is 0 Å². The zero-order chi connectivity index (χ0) is 18.3. The summed E-state index contributed by atoms with van der Waals surface area (Å²) in [5.74, 6) is -0.272. The van der Waals surface area contributed by atoms with Gasteiger partial charge in [0.1, 0.15) is 0 Å². The van der Waals surface area contributed by atoms with Crippen LogP contribution in [0.1, 0.15) is 16.1 Å². The highest BCUT2D eigenvalue weighted by atomic mass is 35.5. The van der Waals surface area contributed by atoms with Gasteiger partial charge in [0.25, 0.3) is 5.91 Å². The highest BCUT2D eigenvalue weighted by molar-refractivity contribution is 6.32. The lowest BCUT2D eigenvalue weighted by molar-refractivity contribution is 0.102. The van der Waals surface area contributed by atoms with Gasteiger partial charge in [-0.1, -0.05) is 23.7 Å². The smallest absolute Gasteiger partial charge is 0.258 e. The fraction of sp³-hybridized carbons (Fsp3) is 0.111. The highest BCUT2D eigenvalue weighted by Gasteiger charge is 2.13. The van der Waals surface area contributed by atoms with E-state index in [1.54, 1.807) is 27.8 Å². The molecule has 3 aromatic heterocycles. The SMILES string of the molecule is Cc1nn(C)c2ncc(NC(=O)c3cnn(-c4ccccc4Cl)c3)cc12. The predicted molar refractivity (Wildman–Crippen MR) is 99.8 cm³/mol. The predicted octanol–water partition coefficient (Wildman–Crippen LogP) is 3.37. The number of nitrogens with zero attached hydrogens (tertiary/aromatic N) is 5. The molecule has 7 nitrogen and oxygen atoms in total. The standard InChI is InChI=1S/C18H15ClN6O/c1-11-14-7-13(9-20-17(14)24(2)23-11)22-18(26)12-8-21-25(10-12)16-6-4-3-5-15(16)19/h3-10H,1-2H3,(H,22,26). The number of benzene rings is 1. The molecule has 1 amide bonds. The van der Waals surface area contributed by atoms with Crippen molar-refractivity contribution in [2.45, 2.75) is 6.92 Å². The van der Waals surface area contributed by atoms with E-state index in [0.29, 0.717) is 22.0 Å². The molecule has 0 aliphatic carbocycles. The van der Waals surface area contributed by atoms with Gasteiger partial charge in [0.15, 0.2) is 5.65 Å². The molecule has 4 aromatic rings. The first-order chi connectivity index (χ1) is 12.5. The van der Waals surface area contributed by atoms with Crippen molar-refractivity contribution in [1.29, 1.82) is 0 Å². The van der Waals surface area contributed by atoms with Crippen molar-refractivity contribution in [3.63, 3.8) is 0 Å². The van der Waals surface area contributed by atoms with Crippen LogP contribution in [0.5, 0.6) is 0 Å². The minimum atomic E-state index is -0.272. The van der Waals surface area contributed by atoms with Gasteiger partial charge in [0, 0.05) is 18.6 Å². The van der Waals surface area contributed by atoms with Gasteiger partial charge in [-0.05, 0) is 25.1 Å². The number of halogens is 1. The summed E-state index contributed by atoms with van der Waals surface area (Å²) < 4.78 is 3.29. The average molecular weight is 367 g/mol. The van der Waals surface area contributed by atoms with Crippen molar-refractivity contribution < 1.29 is 4.79 Å². The Morgan fingerprint density at radius 1 is 1.23 bits per heavy atom. The van der Waals surface area contributed by atoms with Gasteiger partial charge < -0.3 is 5.32 Å².